The van der Waals surface area contributed by atoms with Crippen molar-refractivity contribution < 1.29 is 9.90 Å². The molecule has 24 heavy (non-hydrogen) atoms. The fraction of sp³-hybridized carbons (Fsp3) is 0.471. The minimum absolute atomic E-state index is 0.0500. The van der Waals surface area contributed by atoms with E-state index in [0.717, 1.165) is 24.0 Å². The zero-order valence-electron chi connectivity index (χ0n) is 14.0. The number of hydrogen-bond donors (Lipinski definition) is 2. The number of fused-ring (bicyclic) bond motifs is 1. The molecule has 0 aliphatic carbocycles. The summed E-state index contributed by atoms with van der Waals surface area (Å²) < 4.78 is 0. The lowest BCUT2D eigenvalue weighted by Crippen LogP contribution is -2.52. The Bertz CT molecular complexity index is 721. The number of aromatic nitrogens is 2. The van der Waals surface area contributed by atoms with E-state index in [1.165, 1.54) is 0 Å². The largest absolute Gasteiger partial charge is 0.390 e. The van der Waals surface area contributed by atoms with Gasteiger partial charge in [-0.15, -0.1) is 0 Å². The Kier molecular flexibility index (Phi) is 4.92. The van der Waals surface area contributed by atoms with Crippen LogP contribution in [0.3, 0.4) is 0 Å². The molecule has 7 nitrogen and oxygen atoms in total. The van der Waals surface area contributed by atoms with Crippen LogP contribution in [0.25, 0.3) is 11.0 Å². The van der Waals surface area contributed by atoms with Crippen LogP contribution >= 0.6 is 0 Å². The topological polar surface area (TPSA) is 81.6 Å². The lowest BCUT2D eigenvalue weighted by Gasteiger charge is -2.36. The molecule has 0 bridgehead atoms. The zero-order chi connectivity index (χ0) is 17.1. The number of amides is 1. The number of aliphatic hydroxyl groups is 1. The molecule has 0 spiro atoms. The summed E-state index contributed by atoms with van der Waals surface area (Å²) in [5, 5.41) is 13.7. The molecule has 1 aliphatic rings. The highest BCUT2D eigenvalue weighted by Gasteiger charge is 2.29. The van der Waals surface area contributed by atoms with Crippen molar-refractivity contribution in [2.24, 2.45) is 0 Å². The Hall–Kier alpha value is -2.25. The summed E-state index contributed by atoms with van der Waals surface area (Å²) in [5.74, 6) is 0.713. The number of aliphatic hydroxyl groups excluding tert-OH is 1. The van der Waals surface area contributed by atoms with Gasteiger partial charge in [0.25, 0.3) is 0 Å². The Morgan fingerprint density at radius 1 is 1.38 bits per heavy atom. The van der Waals surface area contributed by atoms with E-state index in [0.29, 0.717) is 18.9 Å². The van der Waals surface area contributed by atoms with Gasteiger partial charge >= 0.3 is 0 Å². The number of anilines is 1. The minimum atomic E-state index is -0.554. The summed E-state index contributed by atoms with van der Waals surface area (Å²) in [6, 6.07) is 7.60. The molecule has 7 heteroatoms. The van der Waals surface area contributed by atoms with E-state index < -0.39 is 6.10 Å². The lowest BCUT2D eigenvalue weighted by atomic mass is 10.0. The highest BCUT2D eigenvalue weighted by molar-refractivity contribution is 5.77. The van der Waals surface area contributed by atoms with Gasteiger partial charge in [-0.05, 0) is 18.6 Å². The molecule has 0 unspecified atom stereocenters. The maximum absolute atomic E-state index is 11.8. The van der Waals surface area contributed by atoms with E-state index in [2.05, 4.69) is 15.3 Å². The predicted molar refractivity (Wildman–Crippen MR) is 92.7 cm³/mol. The van der Waals surface area contributed by atoms with Gasteiger partial charge in [-0.3, -0.25) is 14.7 Å². The number of carbonyl (C=O) groups excluding carboxylic acids is 1. The van der Waals surface area contributed by atoms with Crippen LogP contribution in [-0.4, -0.2) is 76.7 Å². The van der Waals surface area contributed by atoms with Crippen molar-refractivity contribution in [2.45, 2.75) is 18.6 Å². The van der Waals surface area contributed by atoms with Crippen LogP contribution in [-0.2, 0) is 4.79 Å². The van der Waals surface area contributed by atoms with E-state index in [9.17, 15) is 9.90 Å². The van der Waals surface area contributed by atoms with E-state index in [1.54, 1.807) is 25.2 Å². The van der Waals surface area contributed by atoms with Crippen molar-refractivity contribution in [2.75, 3.05) is 39.0 Å². The number of hydrogen-bond acceptors (Lipinski definition) is 6. The van der Waals surface area contributed by atoms with Gasteiger partial charge in [-0.2, -0.15) is 0 Å². The van der Waals surface area contributed by atoms with Crippen LogP contribution in [0.4, 0.5) is 5.82 Å². The Balaban J connectivity index is 1.61. The molecule has 0 saturated carbocycles. The van der Waals surface area contributed by atoms with E-state index >= 15 is 0 Å². The Morgan fingerprint density at radius 2 is 2.12 bits per heavy atom. The van der Waals surface area contributed by atoms with Crippen molar-refractivity contribution in [3.05, 3.63) is 30.5 Å². The van der Waals surface area contributed by atoms with Crippen LogP contribution in [0, 0.1) is 0 Å². The second-order valence-corrected chi connectivity index (χ2v) is 6.37. The van der Waals surface area contributed by atoms with Crippen molar-refractivity contribution in [3.8, 4) is 0 Å². The van der Waals surface area contributed by atoms with Gasteiger partial charge in [-0.1, -0.05) is 12.1 Å². The molecule has 1 aromatic carbocycles. The minimum Gasteiger partial charge on any atom is -0.390 e. The second kappa shape index (κ2) is 7.11. The first kappa shape index (κ1) is 16.6. The number of para-hydroxylation sites is 2. The number of benzene rings is 1. The molecular formula is C17H23N5O2. The van der Waals surface area contributed by atoms with Gasteiger partial charge < -0.3 is 15.3 Å². The summed E-state index contributed by atoms with van der Waals surface area (Å²) >= 11 is 0. The van der Waals surface area contributed by atoms with Crippen LogP contribution < -0.4 is 5.32 Å². The van der Waals surface area contributed by atoms with E-state index in [-0.39, 0.29) is 11.9 Å². The van der Waals surface area contributed by atoms with Gasteiger partial charge in [-0.25, -0.2) is 4.98 Å². The number of piperidine rings is 1. The Morgan fingerprint density at radius 3 is 2.83 bits per heavy atom. The van der Waals surface area contributed by atoms with Crippen LogP contribution in [0.1, 0.15) is 6.42 Å². The van der Waals surface area contributed by atoms with E-state index in [1.807, 2.05) is 29.2 Å². The van der Waals surface area contributed by atoms with E-state index in [4.69, 9.17) is 0 Å². The molecule has 0 radical (unpaired) electrons. The first-order valence-electron chi connectivity index (χ1n) is 8.12. The number of rotatable bonds is 4. The second-order valence-electron chi connectivity index (χ2n) is 6.37. The number of likely N-dealkylation sites (tertiary alicyclic amines) is 1. The molecule has 1 fully saturated rings. The molecule has 2 atom stereocenters. The van der Waals surface area contributed by atoms with Crippen LogP contribution in [0.2, 0.25) is 0 Å². The summed E-state index contributed by atoms with van der Waals surface area (Å²) in [4.78, 5) is 24.3. The summed E-state index contributed by atoms with van der Waals surface area (Å²) in [5.41, 5.74) is 1.67. The molecule has 1 saturated heterocycles. The highest BCUT2D eigenvalue weighted by atomic mass is 16.3. The van der Waals surface area contributed by atoms with Crippen molar-refractivity contribution >= 4 is 22.8 Å². The molecule has 2 N–H and O–H groups in total. The summed E-state index contributed by atoms with van der Waals surface area (Å²) in [6.07, 6.45) is 1.88. The fourth-order valence-corrected chi connectivity index (χ4v) is 2.86. The van der Waals surface area contributed by atoms with Crippen molar-refractivity contribution in [1.82, 2.24) is 19.8 Å². The monoisotopic (exact) mass is 329 g/mol. The number of carbonyl (C=O) groups is 1. The smallest absolute Gasteiger partial charge is 0.236 e. The number of nitrogens with zero attached hydrogens (tertiary/aromatic N) is 4. The average Bonchev–Trinajstić information content (AvgIpc) is 2.57. The zero-order valence-corrected chi connectivity index (χ0v) is 14.0. The first-order valence-corrected chi connectivity index (χ1v) is 8.12. The van der Waals surface area contributed by atoms with Gasteiger partial charge in [0.1, 0.15) is 5.82 Å². The third-order valence-corrected chi connectivity index (χ3v) is 4.31. The van der Waals surface area contributed by atoms with Crippen LogP contribution in [0.15, 0.2) is 30.5 Å². The average molecular weight is 329 g/mol. The predicted octanol–water partition coefficient (Wildman–Crippen LogP) is 0.565. The third kappa shape index (κ3) is 3.80. The molecule has 128 valence electrons. The van der Waals surface area contributed by atoms with Crippen LogP contribution in [0.5, 0.6) is 0 Å². The fourth-order valence-electron chi connectivity index (χ4n) is 2.86. The molecule has 2 heterocycles. The maximum Gasteiger partial charge on any atom is 0.236 e. The maximum atomic E-state index is 11.8. The number of β-amino-alcohol motifs (C(OH)–C–C–N with tert-alkyl or cyclic N) is 1. The third-order valence-electron chi connectivity index (χ3n) is 4.31. The Labute approximate surface area is 141 Å². The van der Waals surface area contributed by atoms with Gasteiger partial charge in [0.05, 0.1) is 35.9 Å². The van der Waals surface area contributed by atoms with Gasteiger partial charge in [0, 0.05) is 27.2 Å². The molecule has 1 aromatic heterocycles. The molecule has 3 rings (SSSR count). The molecule has 1 aliphatic heterocycles. The highest BCUT2D eigenvalue weighted by Crippen LogP contribution is 2.17. The molecular weight excluding hydrogens is 306 g/mol. The van der Waals surface area contributed by atoms with Crippen molar-refractivity contribution in [3.63, 3.8) is 0 Å². The molecule has 1 amide bonds. The first-order chi connectivity index (χ1) is 11.5. The lowest BCUT2D eigenvalue weighted by molar-refractivity contribution is -0.130. The number of likely N-dealkylation sites (N-methyl/N-ethyl adjacent to an activating group) is 1. The molecule has 2 aromatic rings. The van der Waals surface area contributed by atoms with Crippen molar-refractivity contribution in [1.29, 1.82) is 0 Å². The summed E-state index contributed by atoms with van der Waals surface area (Å²) in [6.45, 7) is 1.57. The SMILES string of the molecule is CN(C)C(=O)CN1CC[C@@H](Nc2cnc3ccccc3n2)[C@H](O)C1. The normalized spacial score (nSPS) is 21.6. The van der Waals surface area contributed by atoms with Gasteiger partial charge in [0.15, 0.2) is 0 Å². The quantitative estimate of drug-likeness (QED) is 0.853. The standard InChI is InChI=1S/C17H23N5O2/c1-21(2)17(24)11-22-8-7-14(15(23)10-22)20-16-9-18-12-5-3-4-6-13(12)19-16/h3-6,9,14-15,23H,7-8,10-11H2,1-2H3,(H,19,20)/t14-,15-/m1/s1. The summed E-state index contributed by atoms with van der Waals surface area (Å²) in [7, 11) is 3.48. The van der Waals surface area contributed by atoms with Gasteiger partial charge in [0.2, 0.25) is 5.91 Å². The number of nitrogens with one attached hydrogen (secondary N) is 1.